The number of urea groups is 1. The van der Waals surface area contributed by atoms with Crippen molar-refractivity contribution in [1.29, 1.82) is 0 Å². The molecule has 0 aliphatic carbocycles. The summed E-state index contributed by atoms with van der Waals surface area (Å²) in [6.45, 7) is 0.0450. The molecule has 0 unspecified atom stereocenters. The summed E-state index contributed by atoms with van der Waals surface area (Å²) in [6, 6.07) is 9.52. The van der Waals surface area contributed by atoms with Crippen molar-refractivity contribution in [3.63, 3.8) is 0 Å². The molecule has 9 heteroatoms. The van der Waals surface area contributed by atoms with E-state index in [2.05, 4.69) is 10.2 Å². The summed E-state index contributed by atoms with van der Waals surface area (Å²) in [5.41, 5.74) is 1.02. The molecule has 33 heavy (non-hydrogen) atoms. The number of likely N-dealkylation sites (tertiary alicyclic amines) is 1. The van der Waals surface area contributed by atoms with Crippen molar-refractivity contribution >= 4 is 6.03 Å². The first kappa shape index (κ1) is 24.8. The number of carbonyl (C=O) groups excluding carboxylic acids is 1. The fraction of sp³-hybridized carbons (Fsp3) is 0.458. The van der Waals surface area contributed by atoms with Gasteiger partial charge in [-0.15, -0.1) is 0 Å². The van der Waals surface area contributed by atoms with Gasteiger partial charge >= 0.3 is 6.03 Å². The van der Waals surface area contributed by atoms with E-state index in [1.807, 2.05) is 7.05 Å². The van der Waals surface area contributed by atoms with Crippen molar-refractivity contribution in [1.82, 2.24) is 15.1 Å². The molecule has 0 aromatic heterocycles. The highest BCUT2D eigenvalue weighted by molar-refractivity contribution is 5.74. The van der Waals surface area contributed by atoms with Gasteiger partial charge in [0.25, 0.3) is 0 Å². The van der Waals surface area contributed by atoms with Crippen LogP contribution >= 0.6 is 0 Å². The van der Waals surface area contributed by atoms with Crippen LogP contribution < -0.4 is 10.1 Å². The van der Waals surface area contributed by atoms with Gasteiger partial charge in [0.2, 0.25) is 0 Å². The van der Waals surface area contributed by atoms with Crippen LogP contribution in [0.5, 0.6) is 5.75 Å². The first-order valence-corrected chi connectivity index (χ1v) is 10.9. The molecule has 1 heterocycles. The van der Waals surface area contributed by atoms with E-state index in [4.69, 9.17) is 4.74 Å². The molecule has 2 amide bonds. The summed E-state index contributed by atoms with van der Waals surface area (Å²) in [5, 5.41) is 2.86. The van der Waals surface area contributed by atoms with Gasteiger partial charge in [0.05, 0.1) is 6.54 Å². The average Bonchev–Trinajstić information content (AvgIpc) is 2.82. The Labute approximate surface area is 191 Å². The fourth-order valence-corrected chi connectivity index (χ4v) is 3.77. The van der Waals surface area contributed by atoms with Crippen molar-refractivity contribution in [3.05, 3.63) is 65.2 Å². The van der Waals surface area contributed by atoms with Gasteiger partial charge in [-0.3, -0.25) is 0 Å². The predicted octanol–water partition coefficient (Wildman–Crippen LogP) is 4.46. The molecule has 1 N–H and O–H groups in total. The molecule has 0 atom stereocenters. The molecule has 0 radical (unpaired) electrons. The zero-order valence-electron chi connectivity index (χ0n) is 18.6. The number of piperidine rings is 1. The van der Waals surface area contributed by atoms with E-state index in [1.54, 1.807) is 29.2 Å². The number of amides is 2. The minimum atomic E-state index is -1.13. The van der Waals surface area contributed by atoms with Gasteiger partial charge in [0.1, 0.15) is 30.7 Å². The van der Waals surface area contributed by atoms with Crippen LogP contribution in [0.25, 0.3) is 0 Å². The summed E-state index contributed by atoms with van der Waals surface area (Å²) >= 11 is 0. The molecule has 2 aromatic rings. The molecule has 0 spiro atoms. The zero-order chi connectivity index (χ0) is 23.8. The third-order valence-electron chi connectivity index (χ3n) is 5.76. The van der Waals surface area contributed by atoms with E-state index in [0.29, 0.717) is 5.75 Å². The Kier molecular flexibility index (Phi) is 8.94. The molecule has 2 aromatic carbocycles. The van der Waals surface area contributed by atoms with Crippen LogP contribution in [0.15, 0.2) is 42.5 Å². The SMILES string of the molecule is CN1CCC(N(Cc2ccc(F)cc2F)C(=O)NCc2ccc(OC(CF)CF)cc2)CC1. The lowest BCUT2D eigenvalue weighted by molar-refractivity contribution is 0.126. The van der Waals surface area contributed by atoms with Crippen molar-refractivity contribution < 1.29 is 27.1 Å². The van der Waals surface area contributed by atoms with E-state index in [-0.39, 0.29) is 30.7 Å². The molecule has 0 bridgehead atoms. The number of nitrogens with one attached hydrogen (secondary N) is 1. The van der Waals surface area contributed by atoms with E-state index >= 15 is 0 Å². The molecular weight excluding hydrogens is 438 g/mol. The maximum Gasteiger partial charge on any atom is 0.318 e. The summed E-state index contributed by atoms with van der Waals surface area (Å²) in [7, 11) is 2.01. The molecular formula is C24H29F4N3O2. The van der Waals surface area contributed by atoms with Gasteiger partial charge in [-0.1, -0.05) is 18.2 Å². The second-order valence-electron chi connectivity index (χ2n) is 8.25. The quantitative estimate of drug-likeness (QED) is 0.554. The number of halogens is 4. The Balaban J connectivity index is 1.65. The third kappa shape index (κ3) is 7.08. The highest BCUT2D eigenvalue weighted by Gasteiger charge is 2.28. The van der Waals surface area contributed by atoms with E-state index < -0.39 is 31.1 Å². The smallest absolute Gasteiger partial charge is 0.318 e. The molecule has 1 fully saturated rings. The van der Waals surface area contributed by atoms with Crippen LogP contribution in [0.4, 0.5) is 22.4 Å². The topological polar surface area (TPSA) is 44.8 Å². The highest BCUT2D eigenvalue weighted by atomic mass is 19.1. The number of benzene rings is 2. The maximum absolute atomic E-state index is 14.3. The van der Waals surface area contributed by atoms with E-state index in [0.717, 1.165) is 37.6 Å². The van der Waals surface area contributed by atoms with Crippen LogP contribution in [-0.4, -0.2) is 61.5 Å². The number of nitrogens with zero attached hydrogens (tertiary/aromatic N) is 2. The highest BCUT2D eigenvalue weighted by Crippen LogP contribution is 2.21. The van der Waals surface area contributed by atoms with Crippen LogP contribution in [0, 0.1) is 11.6 Å². The summed E-state index contributed by atoms with van der Waals surface area (Å²) < 4.78 is 58.0. The Hall–Kier alpha value is -2.81. The molecule has 180 valence electrons. The standard InChI is InChI=1S/C24H29F4N3O2/c1-30-10-8-20(9-11-30)31(16-18-4-5-19(27)12-23(18)28)24(32)29-15-17-2-6-21(7-3-17)33-22(13-25)14-26/h2-7,12,20,22H,8-11,13-16H2,1H3,(H,29,32). The van der Waals surface area contributed by atoms with Crippen LogP contribution in [-0.2, 0) is 13.1 Å². The Bertz CT molecular complexity index is 901. The van der Waals surface area contributed by atoms with Crippen LogP contribution in [0.2, 0.25) is 0 Å². The second kappa shape index (κ2) is 11.9. The van der Waals surface area contributed by atoms with Crippen molar-refractivity contribution in [2.24, 2.45) is 0 Å². The van der Waals surface area contributed by atoms with Gasteiger partial charge in [-0.05, 0) is 56.7 Å². The Morgan fingerprint density at radius 1 is 1.12 bits per heavy atom. The van der Waals surface area contributed by atoms with Gasteiger partial charge in [-0.2, -0.15) is 0 Å². The summed E-state index contributed by atoms with van der Waals surface area (Å²) in [4.78, 5) is 16.8. The van der Waals surface area contributed by atoms with Crippen molar-refractivity contribution in [3.8, 4) is 5.75 Å². The third-order valence-corrected chi connectivity index (χ3v) is 5.76. The molecule has 3 rings (SSSR count). The lowest BCUT2D eigenvalue weighted by Crippen LogP contribution is -2.49. The predicted molar refractivity (Wildman–Crippen MR) is 117 cm³/mol. The maximum atomic E-state index is 14.3. The molecule has 5 nitrogen and oxygen atoms in total. The normalized spacial score (nSPS) is 15.0. The summed E-state index contributed by atoms with van der Waals surface area (Å²) in [6.07, 6.45) is 0.372. The lowest BCUT2D eigenvalue weighted by atomic mass is 10.0. The van der Waals surface area contributed by atoms with E-state index in [9.17, 15) is 22.4 Å². The first-order valence-electron chi connectivity index (χ1n) is 10.9. The van der Waals surface area contributed by atoms with Gasteiger partial charge in [0.15, 0.2) is 6.10 Å². The first-order chi connectivity index (χ1) is 15.9. The number of carbonyl (C=O) groups is 1. The number of hydrogen-bond donors (Lipinski definition) is 1. The number of hydrogen-bond acceptors (Lipinski definition) is 3. The second-order valence-corrected chi connectivity index (χ2v) is 8.25. The Morgan fingerprint density at radius 3 is 2.39 bits per heavy atom. The molecule has 0 saturated carbocycles. The van der Waals surface area contributed by atoms with Crippen molar-refractivity contribution in [2.75, 3.05) is 33.5 Å². The largest absolute Gasteiger partial charge is 0.485 e. The fourth-order valence-electron chi connectivity index (χ4n) is 3.77. The van der Waals surface area contributed by atoms with Crippen molar-refractivity contribution in [2.45, 2.75) is 38.1 Å². The van der Waals surface area contributed by atoms with Gasteiger partial charge in [0, 0.05) is 24.2 Å². The molecule has 1 saturated heterocycles. The minimum absolute atomic E-state index is 0.0347. The van der Waals surface area contributed by atoms with Crippen LogP contribution in [0.3, 0.4) is 0 Å². The number of ether oxygens (including phenoxy) is 1. The van der Waals surface area contributed by atoms with Gasteiger partial charge in [-0.25, -0.2) is 22.4 Å². The van der Waals surface area contributed by atoms with E-state index in [1.165, 1.54) is 12.1 Å². The number of alkyl halides is 2. The number of rotatable bonds is 9. The van der Waals surface area contributed by atoms with Crippen LogP contribution in [0.1, 0.15) is 24.0 Å². The van der Waals surface area contributed by atoms with Gasteiger partial charge < -0.3 is 19.9 Å². The lowest BCUT2D eigenvalue weighted by Gasteiger charge is -2.37. The minimum Gasteiger partial charge on any atom is -0.485 e. The molecule has 1 aliphatic rings. The summed E-state index contributed by atoms with van der Waals surface area (Å²) in [5.74, 6) is -1.01. The monoisotopic (exact) mass is 467 g/mol. The molecule has 1 aliphatic heterocycles. The Morgan fingerprint density at radius 2 is 1.79 bits per heavy atom. The zero-order valence-corrected chi connectivity index (χ0v) is 18.6. The average molecular weight is 468 g/mol.